The molecule has 1 rings (SSSR count). The summed E-state index contributed by atoms with van der Waals surface area (Å²) in [6.45, 7) is 6.96. The summed E-state index contributed by atoms with van der Waals surface area (Å²) in [4.78, 5) is 10.6. The minimum atomic E-state index is -0.860. The lowest BCUT2D eigenvalue weighted by atomic mass is 10.2. The van der Waals surface area contributed by atoms with Gasteiger partial charge in [-0.05, 0) is 12.3 Å². The highest BCUT2D eigenvalue weighted by Gasteiger charge is 2.14. The number of hydrogen-bond acceptors (Lipinski definition) is 3. The largest absolute Gasteiger partial charge is 0.481 e. The van der Waals surface area contributed by atoms with Crippen molar-refractivity contribution in [1.82, 2.24) is 15.0 Å². The fourth-order valence-electron chi connectivity index (χ4n) is 1.53. The molecule has 0 aromatic carbocycles. The second-order valence-corrected chi connectivity index (χ2v) is 3.98. The molecule has 15 heavy (non-hydrogen) atoms. The maximum absolute atomic E-state index is 10.6. The first-order valence-corrected chi connectivity index (χ1v) is 5.17. The first-order chi connectivity index (χ1) is 7.04. The Balaban J connectivity index is 2.89. The number of nitrogens with zero attached hydrogens (tertiary/aromatic N) is 3. The molecule has 0 atom stereocenters. The molecule has 0 aliphatic heterocycles. The molecule has 0 aliphatic carbocycles. The van der Waals surface area contributed by atoms with Crippen LogP contribution in [0.2, 0.25) is 0 Å². The van der Waals surface area contributed by atoms with Crippen molar-refractivity contribution in [3.05, 3.63) is 11.4 Å². The summed E-state index contributed by atoms with van der Waals surface area (Å²) in [5.41, 5.74) is 1.52. The van der Waals surface area contributed by atoms with Crippen LogP contribution in [0, 0.1) is 5.92 Å². The van der Waals surface area contributed by atoms with Gasteiger partial charge in [-0.25, -0.2) is 4.68 Å². The van der Waals surface area contributed by atoms with Crippen LogP contribution < -0.4 is 0 Å². The molecule has 0 saturated heterocycles. The summed E-state index contributed by atoms with van der Waals surface area (Å²) in [5, 5.41) is 16.6. The van der Waals surface area contributed by atoms with Crippen molar-refractivity contribution in [2.24, 2.45) is 5.92 Å². The van der Waals surface area contributed by atoms with Crippen molar-refractivity contribution in [2.45, 2.75) is 40.2 Å². The normalized spacial score (nSPS) is 10.9. The van der Waals surface area contributed by atoms with Crippen molar-refractivity contribution in [1.29, 1.82) is 0 Å². The molecule has 5 heteroatoms. The molecule has 5 nitrogen and oxygen atoms in total. The Kier molecular flexibility index (Phi) is 3.82. The van der Waals surface area contributed by atoms with Gasteiger partial charge in [0.25, 0.3) is 0 Å². The van der Waals surface area contributed by atoms with Crippen LogP contribution in [-0.2, 0) is 24.2 Å². The Morgan fingerprint density at radius 3 is 2.67 bits per heavy atom. The summed E-state index contributed by atoms with van der Waals surface area (Å²) < 4.78 is 1.81. The van der Waals surface area contributed by atoms with Gasteiger partial charge in [-0.3, -0.25) is 4.79 Å². The second-order valence-electron chi connectivity index (χ2n) is 3.98. The van der Waals surface area contributed by atoms with E-state index < -0.39 is 5.97 Å². The van der Waals surface area contributed by atoms with Gasteiger partial charge in [0.1, 0.15) is 0 Å². The van der Waals surface area contributed by atoms with Crippen molar-refractivity contribution >= 4 is 5.97 Å². The Morgan fingerprint density at radius 2 is 2.20 bits per heavy atom. The Morgan fingerprint density at radius 1 is 1.53 bits per heavy atom. The summed E-state index contributed by atoms with van der Waals surface area (Å²) >= 11 is 0. The van der Waals surface area contributed by atoms with E-state index in [2.05, 4.69) is 24.2 Å². The lowest BCUT2D eigenvalue weighted by Crippen LogP contribution is -2.11. The van der Waals surface area contributed by atoms with E-state index >= 15 is 0 Å². The van der Waals surface area contributed by atoms with Gasteiger partial charge in [-0.15, -0.1) is 5.10 Å². The van der Waals surface area contributed by atoms with Crippen molar-refractivity contribution in [2.75, 3.05) is 0 Å². The molecule has 84 valence electrons. The average Bonchev–Trinajstić information content (AvgIpc) is 2.45. The van der Waals surface area contributed by atoms with E-state index in [1.807, 2.05) is 11.6 Å². The summed E-state index contributed by atoms with van der Waals surface area (Å²) in [6, 6.07) is 0. The third-order valence-corrected chi connectivity index (χ3v) is 2.11. The van der Waals surface area contributed by atoms with Crippen molar-refractivity contribution in [3.8, 4) is 0 Å². The van der Waals surface area contributed by atoms with E-state index in [1.165, 1.54) is 0 Å². The molecule has 0 radical (unpaired) electrons. The zero-order valence-electron chi connectivity index (χ0n) is 9.40. The number of hydrogen-bond donors (Lipinski definition) is 1. The minimum Gasteiger partial charge on any atom is -0.481 e. The standard InChI is InChI=1S/C10H17N3O2/c1-4-9-8(5-10(14)15)11-12-13(9)6-7(2)3/h7H,4-6H2,1-3H3,(H,14,15). The fourth-order valence-corrected chi connectivity index (χ4v) is 1.53. The van der Waals surface area contributed by atoms with E-state index in [-0.39, 0.29) is 6.42 Å². The zero-order valence-corrected chi connectivity index (χ0v) is 9.40. The van der Waals surface area contributed by atoms with Crippen LogP contribution in [0.5, 0.6) is 0 Å². The monoisotopic (exact) mass is 211 g/mol. The van der Waals surface area contributed by atoms with Crippen LogP contribution in [0.3, 0.4) is 0 Å². The predicted molar refractivity (Wildman–Crippen MR) is 55.6 cm³/mol. The molecular weight excluding hydrogens is 194 g/mol. The van der Waals surface area contributed by atoms with E-state index in [4.69, 9.17) is 5.11 Å². The zero-order chi connectivity index (χ0) is 11.4. The van der Waals surface area contributed by atoms with E-state index in [0.29, 0.717) is 11.6 Å². The van der Waals surface area contributed by atoms with Gasteiger partial charge in [-0.2, -0.15) is 0 Å². The average molecular weight is 211 g/mol. The van der Waals surface area contributed by atoms with Gasteiger partial charge in [-0.1, -0.05) is 26.0 Å². The number of carbonyl (C=O) groups is 1. The minimum absolute atomic E-state index is 0.0404. The topological polar surface area (TPSA) is 68.0 Å². The van der Waals surface area contributed by atoms with Gasteiger partial charge in [0.15, 0.2) is 0 Å². The van der Waals surface area contributed by atoms with Crippen LogP contribution >= 0.6 is 0 Å². The van der Waals surface area contributed by atoms with Crippen molar-refractivity contribution < 1.29 is 9.90 Å². The van der Waals surface area contributed by atoms with Crippen LogP contribution in [0.15, 0.2) is 0 Å². The summed E-state index contributed by atoms with van der Waals surface area (Å²) in [7, 11) is 0. The molecule has 1 heterocycles. The van der Waals surface area contributed by atoms with Gasteiger partial charge in [0.2, 0.25) is 0 Å². The van der Waals surface area contributed by atoms with Crippen LogP contribution in [0.1, 0.15) is 32.2 Å². The van der Waals surface area contributed by atoms with E-state index in [1.54, 1.807) is 0 Å². The molecule has 0 spiro atoms. The first kappa shape index (κ1) is 11.7. The van der Waals surface area contributed by atoms with Crippen LogP contribution in [0.25, 0.3) is 0 Å². The molecule has 0 fully saturated rings. The number of rotatable bonds is 5. The smallest absolute Gasteiger partial charge is 0.309 e. The Bertz CT molecular complexity index is 344. The van der Waals surface area contributed by atoms with Gasteiger partial charge in [0, 0.05) is 6.54 Å². The Hall–Kier alpha value is -1.39. The number of aromatic nitrogens is 3. The van der Waals surface area contributed by atoms with Crippen LogP contribution in [-0.4, -0.2) is 26.1 Å². The third-order valence-electron chi connectivity index (χ3n) is 2.11. The maximum Gasteiger partial charge on any atom is 0.309 e. The first-order valence-electron chi connectivity index (χ1n) is 5.17. The predicted octanol–water partition coefficient (Wildman–Crippen LogP) is 1.12. The van der Waals surface area contributed by atoms with Gasteiger partial charge < -0.3 is 5.11 Å². The van der Waals surface area contributed by atoms with Crippen molar-refractivity contribution in [3.63, 3.8) is 0 Å². The lowest BCUT2D eigenvalue weighted by molar-refractivity contribution is -0.136. The van der Waals surface area contributed by atoms with E-state index in [9.17, 15) is 4.79 Å². The quantitative estimate of drug-likeness (QED) is 0.792. The highest BCUT2D eigenvalue weighted by Crippen LogP contribution is 2.09. The molecule has 0 bridgehead atoms. The third kappa shape index (κ3) is 3.04. The van der Waals surface area contributed by atoms with Crippen LogP contribution in [0.4, 0.5) is 0 Å². The molecule has 0 unspecified atom stereocenters. The molecule has 1 aromatic rings. The number of aliphatic carboxylic acids is 1. The summed E-state index contributed by atoms with van der Waals surface area (Å²) in [6.07, 6.45) is 0.726. The Labute approximate surface area is 89.1 Å². The molecule has 0 aliphatic rings. The molecule has 1 N–H and O–H groups in total. The van der Waals surface area contributed by atoms with Gasteiger partial charge >= 0.3 is 5.97 Å². The molecular formula is C10H17N3O2. The number of carboxylic acids is 1. The maximum atomic E-state index is 10.6. The fraction of sp³-hybridized carbons (Fsp3) is 0.700. The molecule has 0 amide bonds. The second kappa shape index (κ2) is 4.91. The lowest BCUT2D eigenvalue weighted by Gasteiger charge is -2.07. The van der Waals surface area contributed by atoms with E-state index in [0.717, 1.165) is 18.7 Å². The molecule has 1 aromatic heterocycles. The summed E-state index contributed by atoms with van der Waals surface area (Å²) in [5.74, 6) is -0.379. The highest BCUT2D eigenvalue weighted by atomic mass is 16.4. The highest BCUT2D eigenvalue weighted by molar-refractivity contribution is 5.69. The van der Waals surface area contributed by atoms with Gasteiger partial charge in [0.05, 0.1) is 17.8 Å². The molecule has 0 saturated carbocycles. The number of carboxylic acid groups (broad SMARTS) is 1. The SMILES string of the molecule is CCc1c(CC(=O)O)nnn1CC(C)C.